The summed E-state index contributed by atoms with van der Waals surface area (Å²) in [4.78, 5) is 44.8. The van der Waals surface area contributed by atoms with Gasteiger partial charge in [-0.1, -0.05) is 43.2 Å². The van der Waals surface area contributed by atoms with Gasteiger partial charge in [-0.25, -0.2) is 9.68 Å². The summed E-state index contributed by atoms with van der Waals surface area (Å²) in [5.74, 6) is -0.319. The van der Waals surface area contributed by atoms with E-state index in [4.69, 9.17) is 14.6 Å². The lowest BCUT2D eigenvalue weighted by molar-refractivity contribution is -0.395. The van der Waals surface area contributed by atoms with Crippen molar-refractivity contribution in [1.29, 1.82) is 0 Å². The standard InChI is InChI=1S/C18H22N2O6/c21-16-8-9-17(22)20(16)26-25-12-15(10-13-6-7-13)19-18(23)24-11-14-4-2-1-3-5-14/h1-5,13,15H,6-12H2,(H,19,23). The maximum Gasteiger partial charge on any atom is 0.407 e. The van der Waals surface area contributed by atoms with Gasteiger partial charge in [0.1, 0.15) is 13.2 Å². The number of ether oxygens (including phenoxy) is 1. The molecular weight excluding hydrogens is 340 g/mol. The van der Waals surface area contributed by atoms with E-state index in [0.29, 0.717) is 11.0 Å². The first-order chi connectivity index (χ1) is 12.6. The predicted octanol–water partition coefficient (Wildman–Crippen LogP) is 2.09. The molecule has 0 bridgehead atoms. The highest BCUT2D eigenvalue weighted by atomic mass is 17.3. The maximum atomic E-state index is 12.0. The number of alkyl carbamates (subject to hydrolysis) is 1. The van der Waals surface area contributed by atoms with Crippen molar-refractivity contribution in [3.05, 3.63) is 35.9 Å². The molecule has 1 saturated heterocycles. The van der Waals surface area contributed by atoms with Gasteiger partial charge in [-0.05, 0) is 17.9 Å². The number of rotatable bonds is 9. The second kappa shape index (κ2) is 8.77. The summed E-state index contributed by atoms with van der Waals surface area (Å²) in [6.07, 6.45) is 2.65. The third kappa shape index (κ3) is 5.53. The van der Waals surface area contributed by atoms with Crippen LogP contribution in [-0.2, 0) is 30.8 Å². The summed E-state index contributed by atoms with van der Waals surface area (Å²) < 4.78 is 5.21. The smallest absolute Gasteiger partial charge is 0.407 e. The number of hydroxylamine groups is 2. The molecule has 1 aromatic rings. The molecule has 140 valence electrons. The molecule has 1 saturated carbocycles. The Hall–Kier alpha value is -2.45. The molecule has 26 heavy (non-hydrogen) atoms. The molecule has 8 nitrogen and oxygen atoms in total. The summed E-state index contributed by atoms with van der Waals surface area (Å²) in [6, 6.07) is 9.06. The molecule has 1 N–H and O–H groups in total. The molecule has 3 rings (SSSR count). The number of imide groups is 1. The average molecular weight is 362 g/mol. The Morgan fingerprint density at radius 1 is 1.15 bits per heavy atom. The molecule has 1 aliphatic heterocycles. The zero-order chi connectivity index (χ0) is 18.4. The number of amides is 3. The van der Waals surface area contributed by atoms with Crippen LogP contribution in [0.3, 0.4) is 0 Å². The van der Waals surface area contributed by atoms with Crippen LogP contribution in [0, 0.1) is 5.92 Å². The largest absolute Gasteiger partial charge is 0.445 e. The Morgan fingerprint density at radius 3 is 2.50 bits per heavy atom. The Labute approximate surface area is 151 Å². The molecule has 1 heterocycles. The molecule has 1 atom stereocenters. The third-order valence-corrected chi connectivity index (χ3v) is 4.25. The summed E-state index contributed by atoms with van der Waals surface area (Å²) in [6.45, 7) is 0.199. The van der Waals surface area contributed by atoms with Crippen molar-refractivity contribution < 1.29 is 29.0 Å². The van der Waals surface area contributed by atoms with Crippen molar-refractivity contribution in [1.82, 2.24) is 10.4 Å². The van der Waals surface area contributed by atoms with Crippen LogP contribution in [-0.4, -0.2) is 35.6 Å². The normalized spacial score (nSPS) is 18.1. The van der Waals surface area contributed by atoms with Gasteiger partial charge in [0, 0.05) is 12.8 Å². The van der Waals surface area contributed by atoms with E-state index in [-0.39, 0.29) is 32.1 Å². The van der Waals surface area contributed by atoms with E-state index in [0.717, 1.165) is 24.8 Å². The number of hydrogen-bond donors (Lipinski definition) is 1. The monoisotopic (exact) mass is 362 g/mol. The second-order valence-corrected chi connectivity index (χ2v) is 6.52. The van der Waals surface area contributed by atoms with Crippen LogP contribution in [0.1, 0.15) is 37.7 Å². The van der Waals surface area contributed by atoms with Crippen molar-refractivity contribution in [2.45, 2.75) is 44.8 Å². The highest BCUT2D eigenvalue weighted by Crippen LogP contribution is 2.33. The van der Waals surface area contributed by atoms with Crippen molar-refractivity contribution in [2.24, 2.45) is 5.92 Å². The van der Waals surface area contributed by atoms with Crippen LogP contribution in [0.4, 0.5) is 4.79 Å². The number of nitrogens with one attached hydrogen (secondary N) is 1. The summed E-state index contributed by atoms with van der Waals surface area (Å²) in [7, 11) is 0. The number of benzene rings is 1. The number of carbonyl (C=O) groups excluding carboxylic acids is 3. The summed E-state index contributed by atoms with van der Waals surface area (Å²) in [5.41, 5.74) is 0.895. The molecule has 1 aromatic carbocycles. The SMILES string of the molecule is O=C(NC(COON1C(=O)CCC1=O)CC1CC1)OCc1ccccc1. The topological polar surface area (TPSA) is 94.2 Å². The van der Waals surface area contributed by atoms with Gasteiger partial charge >= 0.3 is 6.09 Å². The molecule has 2 fully saturated rings. The first-order valence-electron chi connectivity index (χ1n) is 8.74. The van der Waals surface area contributed by atoms with E-state index in [2.05, 4.69) is 5.32 Å². The van der Waals surface area contributed by atoms with E-state index in [9.17, 15) is 14.4 Å². The van der Waals surface area contributed by atoms with Gasteiger partial charge < -0.3 is 10.1 Å². The molecule has 3 amide bonds. The van der Waals surface area contributed by atoms with Gasteiger partial charge in [-0.3, -0.25) is 9.59 Å². The Bertz CT molecular complexity index is 630. The highest BCUT2D eigenvalue weighted by molar-refractivity contribution is 6.00. The lowest BCUT2D eigenvalue weighted by Gasteiger charge is -2.19. The van der Waals surface area contributed by atoms with E-state index in [1.165, 1.54) is 0 Å². The van der Waals surface area contributed by atoms with E-state index >= 15 is 0 Å². The lowest BCUT2D eigenvalue weighted by Crippen LogP contribution is -2.40. The van der Waals surface area contributed by atoms with Gasteiger partial charge in [-0.15, -0.1) is 10.1 Å². The predicted molar refractivity (Wildman–Crippen MR) is 89.0 cm³/mol. The molecule has 0 spiro atoms. The van der Waals surface area contributed by atoms with Crippen LogP contribution >= 0.6 is 0 Å². The fourth-order valence-electron chi connectivity index (χ4n) is 2.66. The second-order valence-electron chi connectivity index (χ2n) is 6.52. The molecule has 2 aliphatic rings. The van der Waals surface area contributed by atoms with Crippen molar-refractivity contribution in [3.8, 4) is 0 Å². The first kappa shape index (κ1) is 18.3. The fraction of sp³-hybridized carbons (Fsp3) is 0.500. The maximum absolute atomic E-state index is 12.0. The van der Waals surface area contributed by atoms with E-state index in [1.807, 2.05) is 30.3 Å². The van der Waals surface area contributed by atoms with Gasteiger partial charge in [-0.2, -0.15) is 0 Å². The van der Waals surface area contributed by atoms with Crippen molar-refractivity contribution in [3.63, 3.8) is 0 Å². The first-order valence-corrected chi connectivity index (χ1v) is 8.74. The van der Waals surface area contributed by atoms with Crippen LogP contribution in [0.15, 0.2) is 30.3 Å². The van der Waals surface area contributed by atoms with E-state index in [1.54, 1.807) is 0 Å². The minimum absolute atomic E-state index is 0.0218. The van der Waals surface area contributed by atoms with Gasteiger partial charge in [0.05, 0.1) is 6.04 Å². The van der Waals surface area contributed by atoms with Crippen LogP contribution in [0.25, 0.3) is 0 Å². The van der Waals surface area contributed by atoms with Gasteiger partial charge in [0.2, 0.25) is 0 Å². The van der Waals surface area contributed by atoms with Crippen LogP contribution in [0.5, 0.6) is 0 Å². The Balaban J connectivity index is 1.42. The number of carbonyl (C=O) groups is 3. The number of nitrogens with zero attached hydrogens (tertiary/aromatic N) is 1. The molecule has 0 radical (unpaired) electrons. The number of hydrogen-bond acceptors (Lipinski definition) is 6. The van der Waals surface area contributed by atoms with E-state index < -0.39 is 17.9 Å². The highest BCUT2D eigenvalue weighted by Gasteiger charge is 2.32. The Kier molecular flexibility index (Phi) is 6.19. The van der Waals surface area contributed by atoms with Gasteiger partial charge in [0.25, 0.3) is 11.8 Å². The molecule has 8 heteroatoms. The molecule has 0 aromatic heterocycles. The lowest BCUT2D eigenvalue weighted by atomic mass is 10.1. The van der Waals surface area contributed by atoms with Crippen molar-refractivity contribution in [2.75, 3.05) is 6.61 Å². The van der Waals surface area contributed by atoms with Crippen molar-refractivity contribution >= 4 is 17.9 Å². The zero-order valence-corrected chi connectivity index (χ0v) is 14.4. The average Bonchev–Trinajstić information content (AvgIpc) is 3.40. The Morgan fingerprint density at radius 2 is 1.85 bits per heavy atom. The zero-order valence-electron chi connectivity index (χ0n) is 14.4. The molecular formula is C18H22N2O6. The minimum atomic E-state index is -0.545. The molecule has 1 unspecified atom stereocenters. The molecule has 1 aliphatic carbocycles. The third-order valence-electron chi connectivity index (χ3n) is 4.25. The summed E-state index contributed by atoms with van der Waals surface area (Å²) in [5, 5.41) is 3.38. The van der Waals surface area contributed by atoms with Crippen LogP contribution < -0.4 is 5.32 Å². The minimum Gasteiger partial charge on any atom is -0.445 e. The quantitative estimate of drug-likeness (QED) is 0.411. The summed E-state index contributed by atoms with van der Waals surface area (Å²) >= 11 is 0. The van der Waals surface area contributed by atoms with Gasteiger partial charge in [0.15, 0.2) is 0 Å². The van der Waals surface area contributed by atoms with Crippen LogP contribution in [0.2, 0.25) is 0 Å². The fourth-order valence-corrected chi connectivity index (χ4v) is 2.66.